The molecule has 0 bridgehead atoms. The Labute approximate surface area is 121 Å². The van der Waals surface area contributed by atoms with Gasteiger partial charge in [0.25, 0.3) is 5.91 Å². The fourth-order valence-corrected chi connectivity index (χ4v) is 5.29. The van der Waals surface area contributed by atoms with Gasteiger partial charge in [0.2, 0.25) is 0 Å². The fraction of sp³-hybridized carbons (Fsp3) is 0.357. The molecule has 1 aliphatic heterocycles. The quantitative estimate of drug-likeness (QED) is 0.854. The zero-order valence-electron chi connectivity index (χ0n) is 11.1. The average Bonchev–Trinajstić information content (AvgIpc) is 3.00. The molecule has 1 aromatic carbocycles. The summed E-state index contributed by atoms with van der Waals surface area (Å²) >= 11 is 1.54. The number of sulfone groups is 1. The van der Waals surface area contributed by atoms with E-state index in [2.05, 4.69) is 0 Å². The monoisotopic (exact) mass is 309 g/mol. The highest BCUT2D eigenvalue weighted by Gasteiger charge is 2.33. The summed E-state index contributed by atoms with van der Waals surface area (Å²) in [6, 6.07) is 7.56. The van der Waals surface area contributed by atoms with Crippen LogP contribution >= 0.6 is 11.3 Å². The zero-order valence-corrected chi connectivity index (χ0v) is 12.7. The first-order valence-electron chi connectivity index (χ1n) is 6.42. The minimum Gasteiger partial charge on any atom is -0.338 e. The lowest BCUT2D eigenvalue weighted by atomic mass is 10.1. The number of hydrogen-bond donors (Lipinski definition) is 0. The van der Waals surface area contributed by atoms with Crippen molar-refractivity contribution in [3.05, 3.63) is 35.2 Å². The fourth-order valence-electron chi connectivity index (χ4n) is 2.58. The molecular weight excluding hydrogens is 294 g/mol. The van der Waals surface area contributed by atoms with Crippen LogP contribution in [0, 0.1) is 0 Å². The van der Waals surface area contributed by atoms with Gasteiger partial charge in [0.1, 0.15) is 0 Å². The molecular formula is C14H15NO3S2. The predicted molar refractivity (Wildman–Crippen MR) is 81.0 cm³/mol. The highest BCUT2D eigenvalue weighted by atomic mass is 32.2. The second kappa shape index (κ2) is 4.86. The van der Waals surface area contributed by atoms with Gasteiger partial charge >= 0.3 is 0 Å². The van der Waals surface area contributed by atoms with E-state index in [4.69, 9.17) is 0 Å². The molecule has 2 aromatic rings. The summed E-state index contributed by atoms with van der Waals surface area (Å²) in [6.45, 7) is 0. The van der Waals surface area contributed by atoms with Crippen molar-refractivity contribution in [2.45, 2.75) is 12.5 Å². The molecule has 20 heavy (non-hydrogen) atoms. The van der Waals surface area contributed by atoms with E-state index < -0.39 is 9.84 Å². The number of benzene rings is 1. The van der Waals surface area contributed by atoms with Crippen LogP contribution in [-0.4, -0.2) is 43.8 Å². The Morgan fingerprint density at radius 2 is 2.10 bits per heavy atom. The number of carbonyl (C=O) groups excluding carboxylic acids is 1. The molecule has 0 radical (unpaired) electrons. The van der Waals surface area contributed by atoms with Crippen LogP contribution in [-0.2, 0) is 9.84 Å². The lowest BCUT2D eigenvalue weighted by Gasteiger charge is -2.23. The molecule has 3 rings (SSSR count). The van der Waals surface area contributed by atoms with Gasteiger partial charge in [0, 0.05) is 28.6 Å². The van der Waals surface area contributed by atoms with Crippen LogP contribution in [0.1, 0.15) is 16.8 Å². The lowest BCUT2D eigenvalue weighted by molar-refractivity contribution is 0.0750. The Hall–Kier alpha value is -1.40. The molecule has 4 nitrogen and oxygen atoms in total. The predicted octanol–water partition coefficient (Wildman–Crippen LogP) is 2.16. The summed E-state index contributed by atoms with van der Waals surface area (Å²) in [7, 11) is -1.28. The van der Waals surface area contributed by atoms with Gasteiger partial charge < -0.3 is 4.90 Å². The van der Waals surface area contributed by atoms with Crippen molar-refractivity contribution >= 4 is 37.2 Å². The number of fused-ring (bicyclic) bond motifs is 1. The van der Waals surface area contributed by atoms with Gasteiger partial charge in [-0.05, 0) is 12.5 Å². The number of amides is 1. The van der Waals surface area contributed by atoms with E-state index >= 15 is 0 Å². The maximum absolute atomic E-state index is 12.6. The number of carbonyl (C=O) groups is 1. The summed E-state index contributed by atoms with van der Waals surface area (Å²) in [5, 5.41) is 2.79. The smallest absolute Gasteiger partial charge is 0.255 e. The molecule has 0 spiro atoms. The van der Waals surface area contributed by atoms with E-state index in [-0.39, 0.29) is 23.5 Å². The van der Waals surface area contributed by atoms with Crippen molar-refractivity contribution in [1.82, 2.24) is 4.90 Å². The first-order valence-corrected chi connectivity index (χ1v) is 9.12. The highest BCUT2D eigenvalue weighted by molar-refractivity contribution is 7.91. The Balaban J connectivity index is 1.89. The largest absolute Gasteiger partial charge is 0.338 e. The minimum atomic E-state index is -2.98. The van der Waals surface area contributed by atoms with Crippen molar-refractivity contribution in [2.75, 3.05) is 18.6 Å². The van der Waals surface area contributed by atoms with Crippen LogP contribution in [0.4, 0.5) is 0 Å². The van der Waals surface area contributed by atoms with Crippen molar-refractivity contribution in [1.29, 1.82) is 0 Å². The van der Waals surface area contributed by atoms with Crippen molar-refractivity contribution in [2.24, 2.45) is 0 Å². The summed E-state index contributed by atoms with van der Waals surface area (Å²) in [4.78, 5) is 14.1. The molecule has 106 valence electrons. The maximum atomic E-state index is 12.6. The maximum Gasteiger partial charge on any atom is 0.255 e. The lowest BCUT2D eigenvalue weighted by Crippen LogP contribution is -2.37. The molecule has 1 fully saturated rings. The highest BCUT2D eigenvalue weighted by Crippen LogP contribution is 2.28. The number of rotatable bonds is 2. The molecule has 0 aliphatic carbocycles. The summed E-state index contributed by atoms with van der Waals surface area (Å²) in [5.74, 6) is 0.168. The molecule has 0 N–H and O–H groups in total. The third kappa shape index (κ3) is 2.33. The van der Waals surface area contributed by atoms with Gasteiger partial charge in [-0.2, -0.15) is 0 Å². The Morgan fingerprint density at radius 3 is 2.80 bits per heavy atom. The van der Waals surface area contributed by atoms with E-state index in [0.717, 1.165) is 10.1 Å². The molecule has 1 saturated heterocycles. The first kappa shape index (κ1) is 13.6. The van der Waals surface area contributed by atoms with Crippen LogP contribution in [0.25, 0.3) is 10.1 Å². The molecule has 1 aromatic heterocycles. The second-order valence-corrected chi connectivity index (χ2v) is 8.26. The standard InChI is InChI=1S/C14H15NO3S2/c1-15(10-6-7-20(17,18)9-10)14(16)12-8-19-13-5-3-2-4-11(12)13/h2-5,8,10H,6-7,9H2,1H3. The van der Waals surface area contributed by atoms with Crippen LogP contribution in [0.2, 0.25) is 0 Å². The molecule has 1 unspecified atom stereocenters. The molecule has 1 aliphatic rings. The zero-order chi connectivity index (χ0) is 14.3. The van der Waals surface area contributed by atoms with Crippen molar-refractivity contribution in [3.63, 3.8) is 0 Å². The molecule has 6 heteroatoms. The molecule has 1 atom stereocenters. The van der Waals surface area contributed by atoms with Crippen LogP contribution < -0.4 is 0 Å². The first-order chi connectivity index (χ1) is 9.48. The Bertz CT molecular complexity index is 764. The van der Waals surface area contributed by atoms with E-state index in [1.54, 1.807) is 11.9 Å². The van der Waals surface area contributed by atoms with Gasteiger partial charge in [-0.25, -0.2) is 8.42 Å². The van der Waals surface area contributed by atoms with E-state index in [1.165, 1.54) is 11.3 Å². The van der Waals surface area contributed by atoms with Crippen molar-refractivity contribution < 1.29 is 13.2 Å². The average molecular weight is 309 g/mol. The van der Waals surface area contributed by atoms with Crippen LogP contribution in [0.15, 0.2) is 29.6 Å². The molecule has 0 saturated carbocycles. The van der Waals surface area contributed by atoms with Crippen molar-refractivity contribution in [3.8, 4) is 0 Å². The summed E-state index contributed by atoms with van der Waals surface area (Å²) in [6.07, 6.45) is 0.534. The third-order valence-corrected chi connectivity index (χ3v) is 6.50. The van der Waals surface area contributed by atoms with Crippen LogP contribution in [0.5, 0.6) is 0 Å². The topological polar surface area (TPSA) is 54.5 Å². The normalized spacial score (nSPS) is 21.1. The van der Waals surface area contributed by atoms with Gasteiger partial charge in [-0.1, -0.05) is 18.2 Å². The Kier molecular flexibility index (Phi) is 3.30. The number of nitrogens with zero attached hydrogens (tertiary/aromatic N) is 1. The third-order valence-electron chi connectivity index (χ3n) is 3.79. The van der Waals surface area contributed by atoms with E-state index in [1.807, 2.05) is 29.6 Å². The van der Waals surface area contributed by atoms with Gasteiger partial charge in [0.05, 0.1) is 17.1 Å². The number of hydrogen-bond acceptors (Lipinski definition) is 4. The molecule has 2 heterocycles. The number of thiophene rings is 1. The summed E-state index contributed by atoms with van der Waals surface area (Å²) in [5.41, 5.74) is 0.664. The van der Waals surface area contributed by atoms with E-state index in [9.17, 15) is 13.2 Å². The van der Waals surface area contributed by atoms with Crippen LogP contribution in [0.3, 0.4) is 0 Å². The summed E-state index contributed by atoms with van der Waals surface area (Å²) < 4.78 is 24.1. The molecule has 1 amide bonds. The SMILES string of the molecule is CN(C(=O)c1csc2ccccc12)C1CCS(=O)(=O)C1. The van der Waals surface area contributed by atoms with Gasteiger partial charge in [-0.3, -0.25) is 4.79 Å². The van der Waals surface area contributed by atoms with Gasteiger partial charge in [0.15, 0.2) is 9.84 Å². The van der Waals surface area contributed by atoms with Gasteiger partial charge in [-0.15, -0.1) is 11.3 Å². The minimum absolute atomic E-state index is 0.0807. The second-order valence-electron chi connectivity index (χ2n) is 5.12. The van der Waals surface area contributed by atoms with E-state index in [0.29, 0.717) is 12.0 Å². The Morgan fingerprint density at radius 1 is 1.35 bits per heavy atom.